The van der Waals surface area contributed by atoms with Crippen LogP contribution in [-0.4, -0.2) is 24.1 Å². The van der Waals surface area contributed by atoms with Crippen LogP contribution >= 0.6 is 11.8 Å². The molecule has 2 N–H and O–H groups in total. The first-order valence-electron chi connectivity index (χ1n) is 8.35. The number of carbonyl (C=O) groups excluding carboxylic acids is 2. The zero-order valence-corrected chi connectivity index (χ0v) is 15.2. The Labute approximate surface area is 153 Å². The van der Waals surface area contributed by atoms with E-state index >= 15 is 0 Å². The molecule has 2 amide bonds. The maximum Gasteiger partial charge on any atom is 0.222 e. The van der Waals surface area contributed by atoms with Crippen molar-refractivity contribution >= 4 is 23.6 Å². The topological polar surface area (TPSA) is 58.2 Å². The molecule has 2 aromatic rings. The van der Waals surface area contributed by atoms with E-state index in [-0.39, 0.29) is 24.3 Å². The average Bonchev–Trinajstić information content (AvgIpc) is 2.62. The van der Waals surface area contributed by atoms with E-state index in [2.05, 4.69) is 22.8 Å². The summed E-state index contributed by atoms with van der Waals surface area (Å²) < 4.78 is 0. The highest BCUT2D eigenvalue weighted by molar-refractivity contribution is 7.98. The molecule has 0 saturated heterocycles. The van der Waals surface area contributed by atoms with E-state index in [4.69, 9.17) is 0 Å². The van der Waals surface area contributed by atoms with Crippen LogP contribution in [0.2, 0.25) is 0 Å². The lowest BCUT2D eigenvalue weighted by molar-refractivity contribution is -0.122. The van der Waals surface area contributed by atoms with Gasteiger partial charge in [0.1, 0.15) is 0 Å². The van der Waals surface area contributed by atoms with Gasteiger partial charge in [0.2, 0.25) is 11.8 Å². The van der Waals surface area contributed by atoms with Crippen LogP contribution in [0.4, 0.5) is 0 Å². The van der Waals surface area contributed by atoms with Gasteiger partial charge in [0, 0.05) is 25.0 Å². The van der Waals surface area contributed by atoms with Crippen molar-refractivity contribution in [2.45, 2.75) is 25.1 Å². The molecule has 132 valence electrons. The summed E-state index contributed by atoms with van der Waals surface area (Å²) in [5, 5.41) is 5.78. The lowest BCUT2D eigenvalue weighted by Crippen LogP contribution is -2.33. The summed E-state index contributed by atoms with van der Waals surface area (Å²) in [5.41, 5.74) is 2.22. The molecular weight excluding hydrogens is 332 g/mol. The Kier molecular flexibility index (Phi) is 8.05. The van der Waals surface area contributed by atoms with E-state index < -0.39 is 0 Å². The minimum absolute atomic E-state index is 0.0529. The number of rotatable bonds is 9. The van der Waals surface area contributed by atoms with E-state index in [1.54, 1.807) is 11.8 Å². The molecule has 0 fully saturated rings. The fourth-order valence-electron chi connectivity index (χ4n) is 2.47. The molecule has 1 atom stereocenters. The molecule has 0 aliphatic rings. The van der Waals surface area contributed by atoms with Gasteiger partial charge in [0.05, 0.1) is 12.5 Å². The smallest absolute Gasteiger partial charge is 0.222 e. The summed E-state index contributed by atoms with van der Waals surface area (Å²) in [6.45, 7) is 2.09. The van der Waals surface area contributed by atoms with Crippen molar-refractivity contribution in [2.75, 3.05) is 12.3 Å². The first kappa shape index (κ1) is 19.1. The summed E-state index contributed by atoms with van der Waals surface area (Å²) in [5.74, 6) is 1.61. The molecule has 0 aliphatic heterocycles. The summed E-state index contributed by atoms with van der Waals surface area (Å²) in [6, 6.07) is 19.5. The Bertz CT molecular complexity index is 662. The number of hydrogen-bond donors (Lipinski definition) is 2. The summed E-state index contributed by atoms with van der Waals surface area (Å²) in [4.78, 5) is 23.6. The minimum Gasteiger partial charge on any atom is -0.355 e. The second-order valence-electron chi connectivity index (χ2n) is 5.76. The van der Waals surface area contributed by atoms with Crippen molar-refractivity contribution in [1.29, 1.82) is 0 Å². The molecule has 0 heterocycles. The molecule has 25 heavy (non-hydrogen) atoms. The second-order valence-corrected chi connectivity index (χ2v) is 6.86. The van der Waals surface area contributed by atoms with Crippen molar-refractivity contribution in [2.24, 2.45) is 0 Å². The van der Waals surface area contributed by atoms with Crippen LogP contribution in [0.15, 0.2) is 60.7 Å². The van der Waals surface area contributed by atoms with Gasteiger partial charge >= 0.3 is 0 Å². The quantitative estimate of drug-likeness (QED) is 0.678. The van der Waals surface area contributed by atoms with Gasteiger partial charge < -0.3 is 10.6 Å². The van der Waals surface area contributed by atoms with Crippen molar-refractivity contribution < 1.29 is 9.59 Å². The highest BCUT2D eigenvalue weighted by atomic mass is 32.2. The first-order valence-corrected chi connectivity index (χ1v) is 9.51. The molecule has 5 heteroatoms. The van der Waals surface area contributed by atoms with E-state index in [1.807, 2.05) is 48.5 Å². The molecule has 4 nitrogen and oxygen atoms in total. The Morgan fingerprint density at radius 2 is 1.64 bits per heavy atom. The van der Waals surface area contributed by atoms with Crippen LogP contribution in [-0.2, 0) is 15.3 Å². The third-order valence-corrected chi connectivity index (χ3v) is 4.68. The number of benzene rings is 2. The summed E-state index contributed by atoms with van der Waals surface area (Å²) in [6.07, 6.45) is 0.243. The standard InChI is InChI=1S/C20H24N2O2S/c1-16(23)22-19(18-10-6-3-7-11-18)14-20(24)21-12-13-25-15-17-8-4-2-5-9-17/h2-11,19H,12-15H2,1H3,(H,21,24)(H,22,23)/t19-/m1/s1. The second kappa shape index (κ2) is 10.6. The molecule has 0 aliphatic carbocycles. The summed E-state index contributed by atoms with van der Waals surface area (Å²) >= 11 is 1.79. The molecule has 0 spiro atoms. The first-order chi connectivity index (χ1) is 12.1. The van der Waals surface area contributed by atoms with Gasteiger partial charge in [-0.3, -0.25) is 9.59 Å². The lowest BCUT2D eigenvalue weighted by Gasteiger charge is -2.18. The minimum atomic E-state index is -0.296. The van der Waals surface area contributed by atoms with Crippen LogP contribution < -0.4 is 10.6 Å². The van der Waals surface area contributed by atoms with Gasteiger partial charge in [0.25, 0.3) is 0 Å². The largest absolute Gasteiger partial charge is 0.355 e. The Morgan fingerprint density at radius 1 is 1.00 bits per heavy atom. The van der Waals surface area contributed by atoms with E-state index in [9.17, 15) is 9.59 Å². The van der Waals surface area contributed by atoms with Gasteiger partial charge in [-0.05, 0) is 11.1 Å². The maximum absolute atomic E-state index is 12.2. The lowest BCUT2D eigenvalue weighted by atomic mass is 10.0. The highest BCUT2D eigenvalue weighted by Crippen LogP contribution is 2.16. The van der Waals surface area contributed by atoms with Gasteiger partial charge in [-0.25, -0.2) is 0 Å². The van der Waals surface area contributed by atoms with Gasteiger partial charge in [-0.1, -0.05) is 60.7 Å². The van der Waals surface area contributed by atoms with Crippen molar-refractivity contribution in [3.8, 4) is 0 Å². The summed E-state index contributed by atoms with van der Waals surface area (Å²) in [7, 11) is 0. The number of hydrogen-bond acceptors (Lipinski definition) is 3. The van der Waals surface area contributed by atoms with Crippen LogP contribution in [0.25, 0.3) is 0 Å². The van der Waals surface area contributed by atoms with E-state index in [0.29, 0.717) is 6.54 Å². The van der Waals surface area contributed by atoms with Gasteiger partial charge in [-0.2, -0.15) is 11.8 Å². The fraction of sp³-hybridized carbons (Fsp3) is 0.300. The number of thioether (sulfide) groups is 1. The molecule has 2 rings (SSSR count). The Hall–Kier alpha value is -2.27. The van der Waals surface area contributed by atoms with Crippen molar-refractivity contribution in [3.05, 3.63) is 71.8 Å². The molecule has 0 saturated carbocycles. The van der Waals surface area contributed by atoms with Crippen LogP contribution in [0, 0.1) is 0 Å². The SMILES string of the molecule is CC(=O)N[C@H](CC(=O)NCCSCc1ccccc1)c1ccccc1. The van der Waals surface area contributed by atoms with Crippen LogP contribution in [0.3, 0.4) is 0 Å². The highest BCUT2D eigenvalue weighted by Gasteiger charge is 2.16. The van der Waals surface area contributed by atoms with Crippen molar-refractivity contribution in [3.63, 3.8) is 0 Å². The Balaban J connectivity index is 1.72. The van der Waals surface area contributed by atoms with E-state index in [0.717, 1.165) is 17.1 Å². The number of amides is 2. The fourth-order valence-corrected chi connectivity index (χ4v) is 3.29. The van der Waals surface area contributed by atoms with Gasteiger partial charge in [-0.15, -0.1) is 0 Å². The zero-order chi connectivity index (χ0) is 17.9. The van der Waals surface area contributed by atoms with Gasteiger partial charge in [0.15, 0.2) is 0 Å². The predicted octanol–water partition coefficient (Wildman–Crippen LogP) is 3.30. The zero-order valence-electron chi connectivity index (χ0n) is 14.4. The molecule has 0 bridgehead atoms. The average molecular weight is 356 g/mol. The molecule has 0 unspecified atom stereocenters. The third-order valence-electron chi connectivity index (χ3n) is 3.65. The third kappa shape index (κ3) is 7.44. The van der Waals surface area contributed by atoms with Crippen LogP contribution in [0.1, 0.15) is 30.5 Å². The molecular formula is C20H24N2O2S. The number of carbonyl (C=O) groups is 2. The van der Waals surface area contributed by atoms with Crippen LogP contribution in [0.5, 0.6) is 0 Å². The molecule has 2 aromatic carbocycles. The number of nitrogens with one attached hydrogen (secondary N) is 2. The molecule has 0 aromatic heterocycles. The normalized spacial score (nSPS) is 11.6. The van der Waals surface area contributed by atoms with E-state index in [1.165, 1.54) is 12.5 Å². The van der Waals surface area contributed by atoms with Crippen molar-refractivity contribution in [1.82, 2.24) is 10.6 Å². The monoisotopic (exact) mass is 356 g/mol. The Morgan fingerprint density at radius 3 is 2.28 bits per heavy atom. The molecule has 0 radical (unpaired) electrons. The predicted molar refractivity (Wildman–Crippen MR) is 103 cm³/mol. The maximum atomic E-state index is 12.2.